The van der Waals surface area contributed by atoms with E-state index >= 15 is 0 Å². The summed E-state index contributed by atoms with van der Waals surface area (Å²) in [7, 11) is 0. The van der Waals surface area contributed by atoms with Gasteiger partial charge in [0.2, 0.25) is 0 Å². The molecule has 110 valence electrons. The van der Waals surface area contributed by atoms with E-state index in [0.717, 1.165) is 12.8 Å². The van der Waals surface area contributed by atoms with Crippen LogP contribution in [0.1, 0.15) is 78.1 Å². The lowest BCUT2D eigenvalue weighted by Gasteiger charge is -2.28. The minimum atomic E-state index is -1.14. The molecule has 0 spiro atoms. The van der Waals surface area contributed by atoms with Crippen molar-refractivity contribution < 1.29 is 15.3 Å². The molecule has 0 aliphatic heterocycles. The zero-order valence-corrected chi connectivity index (χ0v) is 12.2. The minimum absolute atomic E-state index is 0.0819. The van der Waals surface area contributed by atoms with Crippen LogP contribution in [0.4, 0.5) is 0 Å². The van der Waals surface area contributed by atoms with Gasteiger partial charge >= 0.3 is 0 Å². The molecule has 0 aliphatic carbocycles. The van der Waals surface area contributed by atoms with Crippen LogP contribution in [-0.2, 0) is 0 Å². The topological polar surface area (TPSA) is 60.7 Å². The molecule has 2 atom stereocenters. The van der Waals surface area contributed by atoms with Gasteiger partial charge in [0, 0.05) is 13.0 Å². The van der Waals surface area contributed by atoms with Crippen LogP contribution < -0.4 is 0 Å². The fraction of sp³-hybridized carbons (Fsp3) is 1.00. The number of aliphatic hydroxyl groups excluding tert-OH is 2. The summed E-state index contributed by atoms with van der Waals surface area (Å²) in [6.45, 7) is 3.74. The van der Waals surface area contributed by atoms with E-state index in [0.29, 0.717) is 6.42 Å². The van der Waals surface area contributed by atoms with Crippen molar-refractivity contribution in [2.24, 2.45) is 0 Å². The lowest BCUT2D eigenvalue weighted by atomic mass is 9.91. The quantitative estimate of drug-likeness (QED) is 0.473. The molecule has 0 aromatic rings. The predicted molar refractivity (Wildman–Crippen MR) is 75.6 cm³/mol. The molecule has 0 aliphatic rings. The summed E-state index contributed by atoms with van der Waals surface area (Å²) in [5.41, 5.74) is -1.14. The number of unbranched alkanes of at least 4 members (excludes halogenated alkanes) is 7. The molecule has 0 amide bonds. The maximum Gasteiger partial charge on any atom is 0.0899 e. The second kappa shape index (κ2) is 10.8. The van der Waals surface area contributed by atoms with Crippen molar-refractivity contribution in [3.8, 4) is 0 Å². The van der Waals surface area contributed by atoms with Gasteiger partial charge in [0.1, 0.15) is 0 Å². The Labute approximate surface area is 112 Å². The zero-order valence-electron chi connectivity index (χ0n) is 12.2. The van der Waals surface area contributed by atoms with Gasteiger partial charge in [-0.2, -0.15) is 0 Å². The van der Waals surface area contributed by atoms with Gasteiger partial charge in [-0.05, 0) is 13.3 Å². The molecule has 2 unspecified atom stereocenters. The highest BCUT2D eigenvalue weighted by Crippen LogP contribution is 2.20. The molecule has 0 fully saturated rings. The first-order valence-corrected chi connectivity index (χ1v) is 7.56. The van der Waals surface area contributed by atoms with Crippen molar-refractivity contribution in [2.45, 2.75) is 89.8 Å². The molecule has 3 heteroatoms. The number of rotatable bonds is 12. The van der Waals surface area contributed by atoms with E-state index < -0.39 is 11.7 Å². The van der Waals surface area contributed by atoms with Crippen molar-refractivity contribution in [3.63, 3.8) is 0 Å². The molecular weight excluding hydrogens is 228 g/mol. The van der Waals surface area contributed by atoms with Crippen molar-refractivity contribution in [3.05, 3.63) is 0 Å². The number of aliphatic hydroxyl groups is 3. The van der Waals surface area contributed by atoms with Crippen molar-refractivity contribution in [2.75, 3.05) is 6.61 Å². The third-order valence-corrected chi connectivity index (χ3v) is 3.67. The number of hydrogen-bond acceptors (Lipinski definition) is 3. The lowest BCUT2D eigenvalue weighted by molar-refractivity contribution is -0.0778. The summed E-state index contributed by atoms with van der Waals surface area (Å²) in [6.07, 6.45) is 10.0. The molecule has 0 saturated carbocycles. The highest BCUT2D eigenvalue weighted by atomic mass is 16.3. The van der Waals surface area contributed by atoms with Crippen LogP contribution in [-0.4, -0.2) is 33.6 Å². The van der Waals surface area contributed by atoms with Gasteiger partial charge in [-0.25, -0.2) is 0 Å². The molecule has 0 saturated heterocycles. The first kappa shape index (κ1) is 17.9. The van der Waals surface area contributed by atoms with E-state index in [9.17, 15) is 10.2 Å². The van der Waals surface area contributed by atoms with Gasteiger partial charge < -0.3 is 15.3 Å². The third kappa shape index (κ3) is 8.90. The number of hydrogen-bond donors (Lipinski definition) is 3. The van der Waals surface area contributed by atoms with Crippen LogP contribution in [0.5, 0.6) is 0 Å². The Morgan fingerprint density at radius 2 is 1.44 bits per heavy atom. The predicted octanol–water partition coefficient (Wildman–Crippen LogP) is 3.01. The second-order valence-electron chi connectivity index (χ2n) is 5.61. The summed E-state index contributed by atoms with van der Waals surface area (Å²) in [5, 5.41) is 28.5. The van der Waals surface area contributed by atoms with Gasteiger partial charge in [-0.3, -0.25) is 0 Å². The van der Waals surface area contributed by atoms with E-state index in [2.05, 4.69) is 6.92 Å². The first-order valence-electron chi connectivity index (χ1n) is 7.56. The molecule has 0 rings (SSSR count). The van der Waals surface area contributed by atoms with E-state index in [1.807, 2.05) is 0 Å². The molecule has 3 N–H and O–H groups in total. The summed E-state index contributed by atoms with van der Waals surface area (Å²) in [5.74, 6) is 0. The normalized spacial score (nSPS) is 16.5. The Morgan fingerprint density at radius 1 is 0.944 bits per heavy atom. The molecule has 3 nitrogen and oxygen atoms in total. The second-order valence-corrected chi connectivity index (χ2v) is 5.61. The lowest BCUT2D eigenvalue weighted by Crippen LogP contribution is -2.40. The van der Waals surface area contributed by atoms with Crippen LogP contribution in [0.15, 0.2) is 0 Å². The van der Waals surface area contributed by atoms with Crippen molar-refractivity contribution >= 4 is 0 Å². The highest BCUT2D eigenvalue weighted by Gasteiger charge is 2.28. The van der Waals surface area contributed by atoms with Crippen LogP contribution in [0.2, 0.25) is 0 Å². The first-order chi connectivity index (χ1) is 8.54. The fourth-order valence-corrected chi connectivity index (χ4v) is 2.18. The summed E-state index contributed by atoms with van der Waals surface area (Å²) in [4.78, 5) is 0. The Morgan fingerprint density at radius 3 is 1.94 bits per heavy atom. The zero-order chi connectivity index (χ0) is 13.9. The van der Waals surface area contributed by atoms with E-state index in [1.165, 1.54) is 38.5 Å². The Balaban J connectivity index is 3.42. The van der Waals surface area contributed by atoms with Crippen LogP contribution in [0, 0.1) is 0 Å². The molecule has 0 aromatic carbocycles. The highest BCUT2D eigenvalue weighted by molar-refractivity contribution is 4.81. The molecule has 18 heavy (non-hydrogen) atoms. The molecule has 0 aromatic heterocycles. The Hall–Kier alpha value is -0.120. The fourth-order valence-electron chi connectivity index (χ4n) is 2.18. The van der Waals surface area contributed by atoms with Crippen LogP contribution in [0.25, 0.3) is 0 Å². The largest absolute Gasteiger partial charge is 0.396 e. The Kier molecular flexibility index (Phi) is 10.7. The van der Waals surface area contributed by atoms with E-state index in [4.69, 9.17) is 5.11 Å². The standard InChI is InChI=1S/C15H32O3/c1-3-4-5-6-7-8-9-10-11-14(17)15(2,18)12-13-16/h14,16-18H,3-13H2,1-2H3. The van der Waals surface area contributed by atoms with Crippen molar-refractivity contribution in [1.29, 1.82) is 0 Å². The SMILES string of the molecule is CCCCCCCCCCC(O)C(C)(O)CCO. The third-order valence-electron chi connectivity index (χ3n) is 3.67. The van der Waals surface area contributed by atoms with Crippen LogP contribution in [0.3, 0.4) is 0 Å². The maximum absolute atomic E-state index is 9.87. The van der Waals surface area contributed by atoms with Gasteiger partial charge in [0.05, 0.1) is 11.7 Å². The summed E-state index contributed by atoms with van der Waals surface area (Å²) >= 11 is 0. The monoisotopic (exact) mass is 260 g/mol. The molecular formula is C15H32O3. The average molecular weight is 260 g/mol. The summed E-state index contributed by atoms with van der Waals surface area (Å²) < 4.78 is 0. The minimum Gasteiger partial charge on any atom is -0.396 e. The maximum atomic E-state index is 9.87. The van der Waals surface area contributed by atoms with Crippen molar-refractivity contribution in [1.82, 2.24) is 0 Å². The molecule has 0 heterocycles. The van der Waals surface area contributed by atoms with Gasteiger partial charge in [-0.1, -0.05) is 58.3 Å². The van der Waals surface area contributed by atoms with Crippen LogP contribution >= 0.6 is 0 Å². The van der Waals surface area contributed by atoms with Gasteiger partial charge in [-0.15, -0.1) is 0 Å². The van der Waals surface area contributed by atoms with E-state index in [1.54, 1.807) is 6.92 Å². The summed E-state index contributed by atoms with van der Waals surface area (Å²) in [6, 6.07) is 0. The molecule has 0 radical (unpaired) electrons. The van der Waals surface area contributed by atoms with E-state index in [-0.39, 0.29) is 13.0 Å². The smallest absolute Gasteiger partial charge is 0.0899 e. The molecule has 0 bridgehead atoms. The van der Waals surface area contributed by atoms with Gasteiger partial charge in [0.15, 0.2) is 0 Å². The van der Waals surface area contributed by atoms with Gasteiger partial charge in [0.25, 0.3) is 0 Å². The average Bonchev–Trinajstić information content (AvgIpc) is 2.32. The Bertz CT molecular complexity index is 181.